The van der Waals surface area contributed by atoms with Crippen molar-refractivity contribution in [2.75, 3.05) is 0 Å². The first-order valence-electron chi connectivity index (χ1n) is 5.58. The summed E-state index contributed by atoms with van der Waals surface area (Å²) in [7, 11) is -1.36. The van der Waals surface area contributed by atoms with Gasteiger partial charge in [0.25, 0.3) is 0 Å². The predicted molar refractivity (Wildman–Crippen MR) is 62.9 cm³/mol. The minimum Gasteiger partial charge on any atom is -0.408 e. The van der Waals surface area contributed by atoms with Crippen LogP contribution in [-0.2, 0) is 4.43 Å². The minimum absolute atomic E-state index is 0.0530. The van der Waals surface area contributed by atoms with Gasteiger partial charge in [-0.05, 0) is 44.5 Å². The molecule has 2 heteroatoms. The SMILES string of the molecule is CC1(C2=CC=CC2)CCC[Si](C)(C)O1. The van der Waals surface area contributed by atoms with Gasteiger partial charge in [0.15, 0.2) is 8.32 Å². The lowest BCUT2D eigenvalue weighted by Crippen LogP contribution is -2.47. The van der Waals surface area contributed by atoms with Gasteiger partial charge in [-0.3, -0.25) is 0 Å². The second kappa shape index (κ2) is 3.35. The van der Waals surface area contributed by atoms with Gasteiger partial charge in [-0.1, -0.05) is 24.6 Å². The minimum atomic E-state index is -1.36. The van der Waals surface area contributed by atoms with Crippen LogP contribution in [-0.4, -0.2) is 13.9 Å². The summed E-state index contributed by atoms with van der Waals surface area (Å²) in [5.41, 5.74) is 1.54. The summed E-state index contributed by atoms with van der Waals surface area (Å²) in [5.74, 6) is 0. The normalized spacial score (nSPS) is 35.8. The molecule has 0 aromatic heterocycles. The quantitative estimate of drug-likeness (QED) is 0.598. The van der Waals surface area contributed by atoms with Crippen LogP contribution in [0.15, 0.2) is 23.8 Å². The summed E-state index contributed by atoms with van der Waals surface area (Å²) in [6.07, 6.45) is 10.3. The van der Waals surface area contributed by atoms with Crippen LogP contribution < -0.4 is 0 Å². The number of allylic oxidation sites excluding steroid dienone is 3. The molecule has 1 unspecified atom stereocenters. The van der Waals surface area contributed by atoms with E-state index in [0.29, 0.717) is 0 Å². The van der Waals surface area contributed by atoms with E-state index in [1.54, 1.807) is 0 Å². The lowest BCUT2D eigenvalue weighted by atomic mass is 9.90. The Morgan fingerprint density at radius 2 is 2.21 bits per heavy atom. The van der Waals surface area contributed by atoms with E-state index in [-0.39, 0.29) is 5.60 Å². The van der Waals surface area contributed by atoms with E-state index in [4.69, 9.17) is 4.43 Å². The molecule has 0 aromatic carbocycles. The molecule has 0 N–H and O–H groups in total. The Hall–Kier alpha value is -0.343. The number of rotatable bonds is 1. The van der Waals surface area contributed by atoms with E-state index in [0.717, 1.165) is 6.42 Å². The maximum atomic E-state index is 6.38. The second-order valence-electron chi connectivity index (χ2n) is 5.27. The molecule has 0 spiro atoms. The Balaban J connectivity index is 2.15. The van der Waals surface area contributed by atoms with Gasteiger partial charge in [0.2, 0.25) is 0 Å². The lowest BCUT2D eigenvalue weighted by Gasteiger charge is -2.43. The Labute approximate surface area is 88.0 Å². The average Bonchev–Trinajstić information content (AvgIpc) is 2.52. The third kappa shape index (κ3) is 1.86. The topological polar surface area (TPSA) is 9.23 Å². The van der Waals surface area contributed by atoms with Gasteiger partial charge >= 0.3 is 0 Å². The maximum Gasteiger partial charge on any atom is 0.187 e. The molecular formula is C12H20OSi. The molecule has 0 bridgehead atoms. The van der Waals surface area contributed by atoms with Gasteiger partial charge in [0, 0.05) is 0 Å². The Bertz CT molecular complexity index is 291. The van der Waals surface area contributed by atoms with Gasteiger partial charge in [-0.25, -0.2) is 0 Å². The first kappa shape index (κ1) is 10.2. The van der Waals surface area contributed by atoms with Crippen LogP contribution in [0.5, 0.6) is 0 Å². The predicted octanol–water partition coefficient (Wildman–Crippen LogP) is 3.65. The molecule has 78 valence electrons. The monoisotopic (exact) mass is 208 g/mol. The molecule has 14 heavy (non-hydrogen) atoms. The fourth-order valence-electron chi connectivity index (χ4n) is 2.63. The number of hydrogen-bond acceptors (Lipinski definition) is 1. The molecule has 1 atom stereocenters. The zero-order valence-electron chi connectivity index (χ0n) is 9.47. The van der Waals surface area contributed by atoms with Crippen LogP contribution in [0.25, 0.3) is 0 Å². The first-order valence-corrected chi connectivity index (χ1v) is 8.70. The highest BCUT2D eigenvalue weighted by molar-refractivity contribution is 6.71. The fraction of sp³-hybridized carbons (Fsp3) is 0.667. The smallest absolute Gasteiger partial charge is 0.187 e. The van der Waals surface area contributed by atoms with E-state index in [1.807, 2.05) is 0 Å². The van der Waals surface area contributed by atoms with Crippen LogP contribution in [0.2, 0.25) is 19.1 Å². The van der Waals surface area contributed by atoms with Crippen molar-refractivity contribution in [2.45, 2.75) is 50.9 Å². The number of hydrogen-bond donors (Lipinski definition) is 0. The van der Waals surface area contributed by atoms with Gasteiger partial charge in [-0.2, -0.15) is 0 Å². The summed E-state index contributed by atoms with van der Waals surface area (Å²) in [6.45, 7) is 6.96. The van der Waals surface area contributed by atoms with Crippen molar-refractivity contribution in [2.24, 2.45) is 0 Å². The lowest BCUT2D eigenvalue weighted by molar-refractivity contribution is 0.0879. The van der Waals surface area contributed by atoms with Crippen LogP contribution in [0, 0.1) is 0 Å². The van der Waals surface area contributed by atoms with Gasteiger partial charge in [0.1, 0.15) is 0 Å². The van der Waals surface area contributed by atoms with Gasteiger partial charge in [-0.15, -0.1) is 0 Å². The van der Waals surface area contributed by atoms with E-state index in [1.165, 1.54) is 24.5 Å². The van der Waals surface area contributed by atoms with Crippen molar-refractivity contribution < 1.29 is 4.43 Å². The molecule has 0 amide bonds. The molecule has 1 heterocycles. The third-order valence-corrected chi connectivity index (χ3v) is 5.95. The summed E-state index contributed by atoms with van der Waals surface area (Å²) >= 11 is 0. The summed E-state index contributed by atoms with van der Waals surface area (Å²) in [5, 5.41) is 0. The van der Waals surface area contributed by atoms with E-state index < -0.39 is 8.32 Å². The Morgan fingerprint density at radius 1 is 1.43 bits per heavy atom. The van der Waals surface area contributed by atoms with E-state index in [2.05, 4.69) is 38.2 Å². The van der Waals surface area contributed by atoms with Crippen molar-refractivity contribution >= 4 is 8.32 Å². The largest absolute Gasteiger partial charge is 0.408 e. The molecule has 1 aliphatic carbocycles. The average molecular weight is 208 g/mol. The molecule has 1 aliphatic heterocycles. The standard InChI is InChI=1S/C12H20OSi/c1-12(11-7-4-5-8-11)9-6-10-14(2,3)13-12/h4-5,7H,6,8-10H2,1-3H3. The van der Waals surface area contributed by atoms with Crippen LogP contribution in [0.3, 0.4) is 0 Å². The second-order valence-corrected chi connectivity index (χ2v) is 9.49. The van der Waals surface area contributed by atoms with Crippen LogP contribution >= 0.6 is 0 Å². The van der Waals surface area contributed by atoms with Crippen LogP contribution in [0.4, 0.5) is 0 Å². The summed E-state index contributed by atoms with van der Waals surface area (Å²) < 4.78 is 6.38. The molecule has 2 aliphatic rings. The highest BCUT2D eigenvalue weighted by Crippen LogP contribution is 2.40. The summed E-state index contributed by atoms with van der Waals surface area (Å²) in [4.78, 5) is 0. The molecule has 1 nitrogen and oxygen atoms in total. The van der Waals surface area contributed by atoms with Crippen molar-refractivity contribution in [3.63, 3.8) is 0 Å². The van der Waals surface area contributed by atoms with E-state index in [9.17, 15) is 0 Å². The highest BCUT2D eigenvalue weighted by atomic mass is 28.4. The van der Waals surface area contributed by atoms with Crippen LogP contribution in [0.1, 0.15) is 26.2 Å². The Kier molecular flexibility index (Phi) is 2.44. The van der Waals surface area contributed by atoms with Crippen molar-refractivity contribution in [1.82, 2.24) is 0 Å². The third-order valence-electron chi connectivity index (χ3n) is 3.38. The van der Waals surface area contributed by atoms with Crippen molar-refractivity contribution in [3.8, 4) is 0 Å². The zero-order chi connectivity index (χ0) is 10.2. The van der Waals surface area contributed by atoms with E-state index >= 15 is 0 Å². The first-order chi connectivity index (χ1) is 6.52. The van der Waals surface area contributed by atoms with Gasteiger partial charge in [0.05, 0.1) is 5.60 Å². The molecule has 1 fully saturated rings. The molecule has 2 rings (SSSR count). The maximum absolute atomic E-state index is 6.38. The van der Waals surface area contributed by atoms with Crippen molar-refractivity contribution in [1.29, 1.82) is 0 Å². The highest BCUT2D eigenvalue weighted by Gasteiger charge is 2.40. The Morgan fingerprint density at radius 3 is 2.79 bits per heavy atom. The van der Waals surface area contributed by atoms with Crippen molar-refractivity contribution in [3.05, 3.63) is 23.8 Å². The molecular weight excluding hydrogens is 188 g/mol. The molecule has 1 saturated heterocycles. The van der Waals surface area contributed by atoms with Gasteiger partial charge < -0.3 is 4.43 Å². The molecule has 0 radical (unpaired) electrons. The fourth-order valence-corrected chi connectivity index (χ4v) is 5.21. The zero-order valence-corrected chi connectivity index (χ0v) is 10.5. The molecule has 0 saturated carbocycles. The molecule has 0 aromatic rings. The summed E-state index contributed by atoms with van der Waals surface area (Å²) in [6, 6.07) is 1.32.